The molecule has 1 rings (SSSR count). The second-order valence-corrected chi connectivity index (χ2v) is 4.05. The van der Waals surface area contributed by atoms with Gasteiger partial charge in [-0.2, -0.15) is 0 Å². The Kier molecular flexibility index (Phi) is 4.56. The van der Waals surface area contributed by atoms with Crippen molar-refractivity contribution in [3.8, 4) is 5.75 Å². The smallest absolute Gasteiger partial charge is 0.123 e. The third-order valence-electron chi connectivity index (χ3n) is 2.00. The fraction of sp³-hybridized carbons (Fsp3) is 0.500. The number of benzene rings is 1. The van der Waals surface area contributed by atoms with E-state index < -0.39 is 6.10 Å². The summed E-state index contributed by atoms with van der Waals surface area (Å²) in [6.45, 7) is 4.34. The summed E-state index contributed by atoms with van der Waals surface area (Å²) in [7, 11) is 0. The molecule has 84 valence electrons. The molecule has 0 aliphatic heterocycles. The summed E-state index contributed by atoms with van der Waals surface area (Å²) in [6, 6.07) is 5.78. The number of hydrogen-bond donors (Lipinski definition) is 1. The predicted molar refractivity (Wildman–Crippen MR) is 57.4 cm³/mol. The van der Waals surface area contributed by atoms with E-state index in [2.05, 4.69) is 0 Å². The van der Waals surface area contributed by atoms with Crippen molar-refractivity contribution in [3.63, 3.8) is 0 Å². The fourth-order valence-corrected chi connectivity index (χ4v) is 1.34. The molecule has 0 aliphatic carbocycles. The molecule has 0 saturated heterocycles. The highest BCUT2D eigenvalue weighted by atomic mass is 19.1. The van der Waals surface area contributed by atoms with Crippen LogP contribution in [0, 0.1) is 11.7 Å². The van der Waals surface area contributed by atoms with E-state index in [1.807, 2.05) is 13.8 Å². The molecule has 15 heavy (non-hydrogen) atoms. The molecule has 1 aromatic rings. The van der Waals surface area contributed by atoms with E-state index in [0.29, 0.717) is 18.1 Å². The van der Waals surface area contributed by atoms with Gasteiger partial charge in [-0.05, 0) is 36.6 Å². The zero-order chi connectivity index (χ0) is 11.3. The van der Waals surface area contributed by atoms with Gasteiger partial charge in [0.15, 0.2) is 0 Å². The van der Waals surface area contributed by atoms with Crippen LogP contribution in [0.15, 0.2) is 24.3 Å². The minimum Gasteiger partial charge on any atom is -0.491 e. The van der Waals surface area contributed by atoms with E-state index in [0.717, 1.165) is 0 Å². The van der Waals surface area contributed by atoms with Crippen LogP contribution in [-0.4, -0.2) is 17.8 Å². The van der Waals surface area contributed by atoms with Crippen LogP contribution in [0.4, 0.5) is 4.39 Å². The molecule has 3 heteroatoms. The van der Waals surface area contributed by atoms with Crippen molar-refractivity contribution in [1.29, 1.82) is 0 Å². The highest BCUT2D eigenvalue weighted by Crippen LogP contribution is 2.12. The maximum absolute atomic E-state index is 12.6. The van der Waals surface area contributed by atoms with Crippen molar-refractivity contribution < 1.29 is 14.2 Å². The summed E-state index contributed by atoms with van der Waals surface area (Å²) in [4.78, 5) is 0. The molecule has 2 nitrogen and oxygen atoms in total. The lowest BCUT2D eigenvalue weighted by molar-refractivity contribution is 0.0892. The topological polar surface area (TPSA) is 29.5 Å². The Balaban J connectivity index is 2.33. The molecule has 0 saturated carbocycles. The van der Waals surface area contributed by atoms with Gasteiger partial charge in [-0.3, -0.25) is 0 Å². The normalized spacial score (nSPS) is 12.9. The van der Waals surface area contributed by atoms with E-state index in [4.69, 9.17) is 4.74 Å². The molecule has 0 aromatic heterocycles. The summed E-state index contributed by atoms with van der Waals surface area (Å²) in [5.74, 6) is 0.737. The van der Waals surface area contributed by atoms with Gasteiger partial charge in [0.05, 0.1) is 6.10 Å². The molecule has 0 aliphatic rings. The number of rotatable bonds is 5. The summed E-state index contributed by atoms with van der Waals surface area (Å²) in [5, 5.41) is 9.54. The first kappa shape index (κ1) is 12.0. The van der Waals surface area contributed by atoms with Gasteiger partial charge in [-0.1, -0.05) is 13.8 Å². The lowest BCUT2D eigenvalue weighted by atomic mass is 10.1. The number of ether oxygens (including phenoxy) is 1. The molecule has 0 amide bonds. The Morgan fingerprint density at radius 3 is 2.40 bits per heavy atom. The summed E-state index contributed by atoms with van der Waals surface area (Å²) in [5.41, 5.74) is 0. The molecule has 0 spiro atoms. The van der Waals surface area contributed by atoms with Gasteiger partial charge in [0.25, 0.3) is 0 Å². The summed E-state index contributed by atoms with van der Waals surface area (Å²) in [6.07, 6.45) is 0.247. The predicted octanol–water partition coefficient (Wildman–Crippen LogP) is 2.61. The van der Waals surface area contributed by atoms with E-state index in [-0.39, 0.29) is 12.4 Å². The molecule has 1 unspecified atom stereocenters. The SMILES string of the molecule is CC(C)CC(O)COc1ccc(F)cc1. The summed E-state index contributed by atoms with van der Waals surface area (Å²) >= 11 is 0. The van der Waals surface area contributed by atoms with Crippen LogP contribution in [0.5, 0.6) is 5.75 Å². The average Bonchev–Trinajstić information content (AvgIpc) is 2.16. The van der Waals surface area contributed by atoms with Gasteiger partial charge in [0.2, 0.25) is 0 Å². The van der Waals surface area contributed by atoms with Crippen LogP contribution >= 0.6 is 0 Å². The highest BCUT2D eigenvalue weighted by molar-refractivity contribution is 5.22. The van der Waals surface area contributed by atoms with Crippen molar-refractivity contribution in [2.75, 3.05) is 6.61 Å². The van der Waals surface area contributed by atoms with Crippen molar-refractivity contribution >= 4 is 0 Å². The highest BCUT2D eigenvalue weighted by Gasteiger charge is 2.07. The first-order valence-corrected chi connectivity index (χ1v) is 5.14. The Morgan fingerprint density at radius 2 is 1.87 bits per heavy atom. The molecule has 1 N–H and O–H groups in total. The number of hydrogen-bond acceptors (Lipinski definition) is 2. The monoisotopic (exact) mass is 212 g/mol. The third kappa shape index (κ3) is 4.79. The van der Waals surface area contributed by atoms with Crippen molar-refractivity contribution in [2.45, 2.75) is 26.4 Å². The molecule has 0 heterocycles. The van der Waals surface area contributed by atoms with Gasteiger partial charge >= 0.3 is 0 Å². The first-order valence-electron chi connectivity index (χ1n) is 5.14. The van der Waals surface area contributed by atoms with E-state index >= 15 is 0 Å². The van der Waals surface area contributed by atoms with E-state index in [9.17, 15) is 9.50 Å². The van der Waals surface area contributed by atoms with E-state index in [1.165, 1.54) is 12.1 Å². The second kappa shape index (κ2) is 5.71. The Hall–Kier alpha value is -1.09. The lowest BCUT2D eigenvalue weighted by Gasteiger charge is -2.13. The standard InChI is InChI=1S/C12H17FO2/c1-9(2)7-11(14)8-15-12-5-3-10(13)4-6-12/h3-6,9,11,14H,7-8H2,1-2H3. The van der Waals surface area contributed by atoms with Crippen LogP contribution in [0.2, 0.25) is 0 Å². The van der Waals surface area contributed by atoms with Crippen molar-refractivity contribution in [2.24, 2.45) is 5.92 Å². The Morgan fingerprint density at radius 1 is 1.27 bits per heavy atom. The molecule has 0 fully saturated rings. The zero-order valence-corrected chi connectivity index (χ0v) is 9.11. The van der Waals surface area contributed by atoms with E-state index in [1.54, 1.807) is 12.1 Å². The van der Waals surface area contributed by atoms with Gasteiger partial charge in [0.1, 0.15) is 18.2 Å². The van der Waals surface area contributed by atoms with Crippen LogP contribution < -0.4 is 4.74 Å². The molecule has 0 radical (unpaired) electrons. The van der Waals surface area contributed by atoms with Crippen LogP contribution in [-0.2, 0) is 0 Å². The summed E-state index contributed by atoms with van der Waals surface area (Å²) < 4.78 is 17.9. The number of halogens is 1. The van der Waals surface area contributed by atoms with Crippen molar-refractivity contribution in [1.82, 2.24) is 0 Å². The fourth-order valence-electron chi connectivity index (χ4n) is 1.34. The molecule has 1 atom stereocenters. The average molecular weight is 212 g/mol. The quantitative estimate of drug-likeness (QED) is 0.813. The molecular weight excluding hydrogens is 195 g/mol. The largest absolute Gasteiger partial charge is 0.491 e. The van der Waals surface area contributed by atoms with Crippen LogP contribution in [0.1, 0.15) is 20.3 Å². The molecule has 0 bridgehead atoms. The minimum absolute atomic E-state index is 0.254. The van der Waals surface area contributed by atoms with Crippen LogP contribution in [0.25, 0.3) is 0 Å². The third-order valence-corrected chi connectivity index (χ3v) is 2.00. The zero-order valence-electron chi connectivity index (χ0n) is 9.11. The van der Waals surface area contributed by atoms with Gasteiger partial charge in [-0.15, -0.1) is 0 Å². The maximum Gasteiger partial charge on any atom is 0.123 e. The van der Waals surface area contributed by atoms with Gasteiger partial charge in [-0.25, -0.2) is 4.39 Å². The number of aliphatic hydroxyl groups excluding tert-OH is 1. The lowest BCUT2D eigenvalue weighted by Crippen LogP contribution is -2.19. The Bertz CT molecular complexity index is 282. The van der Waals surface area contributed by atoms with Gasteiger partial charge < -0.3 is 9.84 Å². The van der Waals surface area contributed by atoms with Crippen LogP contribution in [0.3, 0.4) is 0 Å². The first-order chi connectivity index (χ1) is 7.08. The maximum atomic E-state index is 12.6. The number of aliphatic hydroxyl groups is 1. The molecule has 1 aromatic carbocycles. The van der Waals surface area contributed by atoms with Gasteiger partial charge in [0, 0.05) is 0 Å². The minimum atomic E-state index is -0.463. The second-order valence-electron chi connectivity index (χ2n) is 4.05. The Labute approximate surface area is 89.7 Å². The molecular formula is C12H17FO2. The van der Waals surface area contributed by atoms with Crippen molar-refractivity contribution in [3.05, 3.63) is 30.1 Å².